The van der Waals surface area contributed by atoms with Crippen LogP contribution in [-0.4, -0.2) is 141 Å². The number of rotatable bonds is 21. The van der Waals surface area contributed by atoms with Crippen molar-refractivity contribution in [3.8, 4) is 0 Å². The molecule has 0 aromatic carbocycles. The van der Waals surface area contributed by atoms with Crippen molar-refractivity contribution in [1.82, 2.24) is 0 Å². The highest BCUT2D eigenvalue weighted by atomic mass is 28.4. The fourth-order valence-corrected chi connectivity index (χ4v) is 13.6. The van der Waals surface area contributed by atoms with Gasteiger partial charge in [-0.05, 0) is 157 Å². The van der Waals surface area contributed by atoms with Crippen molar-refractivity contribution >= 4 is 66.5 Å². The molecule has 0 unspecified atom stereocenters. The van der Waals surface area contributed by atoms with Gasteiger partial charge in [-0.1, -0.05) is 0 Å². The SMILES string of the molecule is C[Si](C)(C)OC[C@H]1O[C@@](CO[Si](C)(C)C)(O[C@H]2O[C@H](CO[Si](C)(C)C)[C@@H](O[Si](C)(C)C)[C@H](O[Si](C)(C)C)[C@H]2O[Si](C)(C)C)[C@@H](O[Si](C)(C)C)[C@@H]1O[Si](C)(C)C. The Bertz CT molecular complexity index is 1190. The molecular weight excluding hydrogens is 833 g/mol. The number of hydrogen-bond acceptors (Lipinski definition) is 11. The Morgan fingerprint density at radius 3 is 1.15 bits per heavy atom. The summed E-state index contributed by atoms with van der Waals surface area (Å²) in [4.78, 5) is 0. The highest BCUT2D eigenvalue weighted by Crippen LogP contribution is 2.44. The largest absolute Gasteiger partial charge is 0.415 e. The van der Waals surface area contributed by atoms with Gasteiger partial charge in [0, 0.05) is 0 Å². The van der Waals surface area contributed by atoms with Crippen molar-refractivity contribution in [2.75, 3.05) is 19.8 Å². The summed E-state index contributed by atoms with van der Waals surface area (Å²) in [5.41, 5.74) is 0. The van der Waals surface area contributed by atoms with Crippen LogP contribution in [0.2, 0.25) is 157 Å². The molecule has 2 heterocycles. The highest BCUT2D eigenvalue weighted by Gasteiger charge is 2.63. The maximum Gasteiger partial charge on any atom is 0.221 e. The van der Waals surface area contributed by atoms with Gasteiger partial charge in [-0.25, -0.2) is 0 Å². The van der Waals surface area contributed by atoms with Crippen LogP contribution in [0.4, 0.5) is 0 Å². The van der Waals surface area contributed by atoms with E-state index in [9.17, 15) is 0 Å². The first kappa shape index (κ1) is 52.4. The predicted octanol–water partition coefficient (Wildman–Crippen LogP) is 9.48. The number of hydrogen-bond donors (Lipinski definition) is 0. The molecule has 2 rings (SSSR count). The van der Waals surface area contributed by atoms with Gasteiger partial charge in [-0.3, -0.25) is 0 Å². The summed E-state index contributed by atoms with van der Waals surface area (Å²) in [7, 11) is -17.0. The van der Waals surface area contributed by atoms with Crippen molar-refractivity contribution in [1.29, 1.82) is 0 Å². The molecule has 0 N–H and O–H groups in total. The van der Waals surface area contributed by atoms with Gasteiger partial charge in [-0.2, -0.15) is 0 Å². The van der Waals surface area contributed by atoms with Crippen molar-refractivity contribution in [3.05, 3.63) is 0 Å². The third-order valence-electron chi connectivity index (χ3n) is 7.86. The molecule has 2 aliphatic rings. The Morgan fingerprint density at radius 2 is 0.745 bits per heavy atom. The molecule has 0 aromatic heterocycles. The lowest BCUT2D eigenvalue weighted by atomic mass is 9.99. The first-order valence-corrected chi connectivity index (χ1v) is 47.8. The van der Waals surface area contributed by atoms with Gasteiger partial charge < -0.3 is 49.6 Å². The Balaban J connectivity index is 2.98. The Kier molecular flexibility index (Phi) is 17.9. The normalized spacial score (nSPS) is 31.0. The number of ether oxygens (including phenoxy) is 3. The summed E-state index contributed by atoms with van der Waals surface area (Å²) in [6.07, 6.45) is -4.49. The van der Waals surface area contributed by atoms with Crippen LogP contribution in [-0.2, 0) is 49.6 Å². The zero-order valence-corrected chi connectivity index (χ0v) is 47.7. The van der Waals surface area contributed by atoms with Crippen LogP contribution in [0.1, 0.15) is 0 Å². The molecule has 0 radical (unpaired) electrons. The second-order valence-electron chi connectivity index (χ2n) is 23.3. The van der Waals surface area contributed by atoms with E-state index in [1.165, 1.54) is 0 Å². The van der Waals surface area contributed by atoms with E-state index >= 15 is 0 Å². The average molecular weight is 920 g/mol. The van der Waals surface area contributed by atoms with E-state index in [-0.39, 0.29) is 6.61 Å². The van der Waals surface area contributed by atoms with E-state index < -0.39 is 121 Å². The Morgan fingerprint density at radius 1 is 0.382 bits per heavy atom. The van der Waals surface area contributed by atoms with Crippen LogP contribution in [0, 0.1) is 0 Å². The van der Waals surface area contributed by atoms with Crippen LogP contribution in [0.3, 0.4) is 0 Å². The lowest BCUT2D eigenvalue weighted by Gasteiger charge is -2.52. The molecule has 2 aliphatic heterocycles. The Hall–Kier alpha value is 1.30. The van der Waals surface area contributed by atoms with E-state index in [1.54, 1.807) is 0 Å². The van der Waals surface area contributed by atoms with E-state index in [0.717, 1.165) is 0 Å². The van der Waals surface area contributed by atoms with Gasteiger partial charge in [0.25, 0.3) is 0 Å². The summed E-state index contributed by atoms with van der Waals surface area (Å²) < 4.78 is 77.8. The molecule has 19 heteroatoms. The molecule has 2 fully saturated rings. The van der Waals surface area contributed by atoms with Gasteiger partial charge in [-0.15, -0.1) is 0 Å². The fraction of sp³-hybridized carbons (Fsp3) is 1.00. The maximum atomic E-state index is 7.53. The summed E-state index contributed by atoms with van der Waals surface area (Å²) in [6.45, 7) is 53.6. The summed E-state index contributed by atoms with van der Waals surface area (Å²) in [5.74, 6) is -1.41. The third-order valence-corrected chi connectivity index (χ3v) is 15.8. The lowest BCUT2D eigenvalue weighted by Crippen LogP contribution is -2.68. The first-order valence-electron chi connectivity index (χ1n) is 20.5. The van der Waals surface area contributed by atoms with Gasteiger partial charge in [0.15, 0.2) is 72.8 Å². The second-order valence-corrected chi connectivity index (χ2v) is 59.1. The topological polar surface area (TPSA) is 102 Å². The molecule has 9 atom stereocenters. The molecule has 0 amide bonds. The van der Waals surface area contributed by atoms with E-state index in [0.29, 0.717) is 13.2 Å². The van der Waals surface area contributed by atoms with E-state index in [1.807, 2.05) is 0 Å². The molecule has 0 aliphatic carbocycles. The fourth-order valence-electron chi connectivity index (χ4n) is 6.21. The zero-order valence-electron chi connectivity index (χ0n) is 39.7. The van der Waals surface area contributed by atoms with Crippen molar-refractivity contribution in [2.45, 2.75) is 212 Å². The molecule has 328 valence electrons. The van der Waals surface area contributed by atoms with Gasteiger partial charge in [0.1, 0.15) is 42.7 Å². The van der Waals surface area contributed by atoms with E-state index in [4.69, 9.17) is 49.6 Å². The smallest absolute Gasteiger partial charge is 0.221 e. The van der Waals surface area contributed by atoms with Crippen molar-refractivity contribution < 1.29 is 49.6 Å². The standard InChI is InChI=1S/C36H86O11Si8/c1-48(2,3)37-25-28-30(43-51(10,11)12)32(45-53(16,17)18)33(46-54(19,20)21)35(40-28)42-36(27-39-50(7,8)9)34(47-55(22,23)24)31(44-52(13,14)15)29(41-36)26-38-49(4,5)6/h28-35H,25-27H2,1-24H3/t28-,29-,30-,31-,32+,33-,34+,35-,36+/m1/s1. The lowest BCUT2D eigenvalue weighted by molar-refractivity contribution is -0.376. The molecule has 0 bridgehead atoms. The van der Waals surface area contributed by atoms with E-state index in [2.05, 4.69) is 157 Å². The minimum Gasteiger partial charge on any atom is -0.415 e. The Labute approximate surface area is 346 Å². The monoisotopic (exact) mass is 918 g/mol. The average Bonchev–Trinajstić information content (AvgIpc) is 3.15. The summed E-state index contributed by atoms with van der Waals surface area (Å²) in [5, 5.41) is 0. The summed E-state index contributed by atoms with van der Waals surface area (Å²) >= 11 is 0. The molecule has 0 aromatic rings. The van der Waals surface area contributed by atoms with Crippen molar-refractivity contribution in [3.63, 3.8) is 0 Å². The third kappa shape index (κ3) is 19.7. The minimum atomic E-state index is -2.26. The van der Waals surface area contributed by atoms with Crippen LogP contribution in [0.15, 0.2) is 0 Å². The first-order chi connectivity index (χ1) is 24.2. The maximum absolute atomic E-state index is 7.53. The quantitative estimate of drug-likeness (QED) is 0.103. The van der Waals surface area contributed by atoms with Crippen LogP contribution < -0.4 is 0 Å². The van der Waals surface area contributed by atoms with Crippen LogP contribution >= 0.6 is 0 Å². The molecule has 0 spiro atoms. The van der Waals surface area contributed by atoms with Crippen LogP contribution in [0.5, 0.6) is 0 Å². The van der Waals surface area contributed by atoms with Gasteiger partial charge in [0.05, 0.1) is 19.8 Å². The molecular formula is C36H86O11Si8. The summed E-state index contributed by atoms with van der Waals surface area (Å²) in [6, 6.07) is 0. The molecule has 11 nitrogen and oxygen atoms in total. The minimum absolute atomic E-state index is 0.136. The van der Waals surface area contributed by atoms with Gasteiger partial charge >= 0.3 is 0 Å². The molecule has 55 heavy (non-hydrogen) atoms. The zero-order chi connectivity index (χ0) is 43.0. The highest BCUT2D eigenvalue weighted by molar-refractivity contribution is 6.72. The molecule has 2 saturated heterocycles. The van der Waals surface area contributed by atoms with Crippen LogP contribution in [0.25, 0.3) is 0 Å². The second kappa shape index (κ2) is 18.7. The van der Waals surface area contributed by atoms with Gasteiger partial charge in [0.2, 0.25) is 5.79 Å². The van der Waals surface area contributed by atoms with Crippen molar-refractivity contribution in [2.24, 2.45) is 0 Å². The predicted molar refractivity (Wildman–Crippen MR) is 246 cm³/mol. The molecule has 0 saturated carbocycles.